The van der Waals surface area contributed by atoms with Crippen LogP contribution in [0.15, 0.2) is 47.2 Å². The molecule has 0 saturated heterocycles. The number of amides is 1. The first-order valence-corrected chi connectivity index (χ1v) is 8.02. The van der Waals surface area contributed by atoms with Crippen molar-refractivity contribution in [1.29, 1.82) is 0 Å². The van der Waals surface area contributed by atoms with E-state index in [-0.39, 0.29) is 11.3 Å². The highest BCUT2D eigenvalue weighted by Gasteiger charge is 2.34. The highest BCUT2D eigenvalue weighted by molar-refractivity contribution is 5.99. The van der Waals surface area contributed by atoms with Gasteiger partial charge >= 0.3 is 6.18 Å². The van der Waals surface area contributed by atoms with Gasteiger partial charge in [0.15, 0.2) is 0 Å². The molecular formula is C19H16F4N2O2. The molecule has 1 N–H and O–H groups in total. The van der Waals surface area contributed by atoms with E-state index in [1.165, 1.54) is 6.26 Å². The van der Waals surface area contributed by atoms with Gasteiger partial charge in [-0.15, -0.1) is 0 Å². The van der Waals surface area contributed by atoms with Crippen molar-refractivity contribution in [2.24, 2.45) is 7.05 Å². The number of furan rings is 1. The number of nitrogens with one attached hydrogen (secondary N) is 1. The van der Waals surface area contributed by atoms with E-state index in [1.54, 1.807) is 36.9 Å². The van der Waals surface area contributed by atoms with Crippen LogP contribution in [-0.2, 0) is 19.8 Å². The van der Waals surface area contributed by atoms with Crippen molar-refractivity contribution in [2.75, 3.05) is 0 Å². The van der Waals surface area contributed by atoms with Gasteiger partial charge in [0.05, 0.1) is 17.4 Å². The summed E-state index contributed by atoms with van der Waals surface area (Å²) in [7, 11) is 1.66. The van der Waals surface area contributed by atoms with Gasteiger partial charge in [0, 0.05) is 19.8 Å². The molecule has 0 radical (unpaired) electrons. The Bertz CT molecular complexity index is 973. The van der Waals surface area contributed by atoms with Crippen molar-refractivity contribution < 1.29 is 26.8 Å². The van der Waals surface area contributed by atoms with Crippen LogP contribution in [0.2, 0.25) is 0 Å². The molecule has 0 saturated carbocycles. The largest absolute Gasteiger partial charge is 0.464 e. The van der Waals surface area contributed by atoms with E-state index < -0.39 is 30.0 Å². The zero-order chi connectivity index (χ0) is 19.8. The van der Waals surface area contributed by atoms with Crippen LogP contribution in [-0.4, -0.2) is 10.5 Å². The maximum atomic E-state index is 13.2. The number of halogens is 4. The molecule has 2 heterocycles. The molecule has 0 bridgehead atoms. The van der Waals surface area contributed by atoms with Gasteiger partial charge in [-0.3, -0.25) is 4.79 Å². The van der Waals surface area contributed by atoms with Gasteiger partial charge in [-0.2, -0.15) is 13.2 Å². The Morgan fingerprint density at radius 1 is 1.26 bits per heavy atom. The van der Waals surface area contributed by atoms with Crippen LogP contribution in [0, 0.1) is 12.7 Å². The SMILES string of the molecule is Cc1cn(C)c(C(=O)NCc2ccc(F)cc2C(F)(F)F)c1-c1ccco1. The summed E-state index contributed by atoms with van der Waals surface area (Å²) in [4.78, 5) is 12.7. The van der Waals surface area contributed by atoms with Crippen LogP contribution in [0.4, 0.5) is 17.6 Å². The monoisotopic (exact) mass is 380 g/mol. The molecule has 0 spiro atoms. The number of hydrogen-bond donors (Lipinski definition) is 1. The second-order valence-electron chi connectivity index (χ2n) is 6.11. The van der Waals surface area contributed by atoms with Gasteiger partial charge in [-0.25, -0.2) is 4.39 Å². The van der Waals surface area contributed by atoms with Crippen LogP contribution in [0.25, 0.3) is 11.3 Å². The number of aryl methyl sites for hydroxylation is 2. The lowest BCUT2D eigenvalue weighted by molar-refractivity contribution is -0.138. The second-order valence-corrected chi connectivity index (χ2v) is 6.11. The maximum absolute atomic E-state index is 13.2. The molecule has 4 nitrogen and oxygen atoms in total. The fraction of sp³-hybridized carbons (Fsp3) is 0.211. The molecule has 0 aliphatic heterocycles. The van der Waals surface area contributed by atoms with E-state index >= 15 is 0 Å². The number of carbonyl (C=O) groups is 1. The summed E-state index contributed by atoms with van der Waals surface area (Å²) in [5.41, 5.74) is 0.281. The summed E-state index contributed by atoms with van der Waals surface area (Å²) >= 11 is 0. The van der Waals surface area contributed by atoms with E-state index in [9.17, 15) is 22.4 Å². The third-order valence-electron chi connectivity index (χ3n) is 4.17. The second kappa shape index (κ2) is 6.94. The number of nitrogens with zero attached hydrogens (tertiary/aromatic N) is 1. The molecule has 3 rings (SSSR count). The van der Waals surface area contributed by atoms with Crippen LogP contribution in [0.1, 0.15) is 27.2 Å². The highest BCUT2D eigenvalue weighted by atomic mass is 19.4. The fourth-order valence-electron chi connectivity index (χ4n) is 3.01. The fourth-order valence-corrected chi connectivity index (χ4v) is 3.01. The first-order valence-electron chi connectivity index (χ1n) is 8.02. The molecule has 1 amide bonds. The Morgan fingerprint density at radius 3 is 2.63 bits per heavy atom. The molecule has 3 aromatic rings. The molecule has 0 fully saturated rings. The lowest BCUT2D eigenvalue weighted by atomic mass is 10.1. The predicted octanol–water partition coefficient (Wildman–Crippen LogP) is 4.68. The molecule has 1 aromatic carbocycles. The van der Waals surface area contributed by atoms with E-state index in [2.05, 4.69) is 5.32 Å². The molecule has 27 heavy (non-hydrogen) atoms. The van der Waals surface area contributed by atoms with Gasteiger partial charge in [0.1, 0.15) is 17.3 Å². The van der Waals surface area contributed by atoms with Crippen molar-refractivity contribution in [1.82, 2.24) is 9.88 Å². The smallest absolute Gasteiger partial charge is 0.416 e. The van der Waals surface area contributed by atoms with Crippen molar-refractivity contribution in [3.8, 4) is 11.3 Å². The van der Waals surface area contributed by atoms with Crippen LogP contribution >= 0.6 is 0 Å². The first kappa shape index (κ1) is 18.8. The minimum Gasteiger partial charge on any atom is -0.464 e. The van der Waals surface area contributed by atoms with Gasteiger partial charge in [-0.05, 0) is 42.3 Å². The van der Waals surface area contributed by atoms with Gasteiger partial charge < -0.3 is 14.3 Å². The Hall–Kier alpha value is -3.03. The lowest BCUT2D eigenvalue weighted by Gasteiger charge is -2.14. The molecule has 0 atom stereocenters. The first-order chi connectivity index (χ1) is 12.7. The topological polar surface area (TPSA) is 47.2 Å². The summed E-state index contributed by atoms with van der Waals surface area (Å²) in [6, 6.07) is 5.74. The molecule has 142 valence electrons. The van der Waals surface area contributed by atoms with E-state index in [0.717, 1.165) is 17.7 Å². The number of rotatable bonds is 4. The van der Waals surface area contributed by atoms with Crippen molar-refractivity contribution in [3.05, 3.63) is 71.0 Å². The standard InChI is InChI=1S/C19H16F4N2O2/c1-11-10-25(2)17(16(11)15-4-3-7-27-15)18(26)24-9-12-5-6-13(20)8-14(12)19(21,22)23/h3-8,10H,9H2,1-2H3,(H,24,26). The molecule has 0 aliphatic carbocycles. The number of aromatic nitrogens is 1. The molecule has 0 aliphatic rings. The average Bonchev–Trinajstić information content (AvgIpc) is 3.19. The van der Waals surface area contributed by atoms with Crippen molar-refractivity contribution in [2.45, 2.75) is 19.6 Å². The normalized spacial score (nSPS) is 11.6. The molecule has 8 heteroatoms. The number of benzene rings is 1. The van der Waals surface area contributed by atoms with E-state index in [0.29, 0.717) is 17.4 Å². The average molecular weight is 380 g/mol. The predicted molar refractivity (Wildman–Crippen MR) is 90.4 cm³/mol. The Labute approximate surface area is 152 Å². The lowest BCUT2D eigenvalue weighted by Crippen LogP contribution is -2.26. The Kier molecular flexibility index (Phi) is 4.82. The third kappa shape index (κ3) is 3.74. The summed E-state index contributed by atoms with van der Waals surface area (Å²) in [6.07, 6.45) is -1.52. The maximum Gasteiger partial charge on any atom is 0.416 e. The van der Waals surface area contributed by atoms with Gasteiger partial charge in [-0.1, -0.05) is 6.07 Å². The molecular weight excluding hydrogens is 364 g/mol. The van der Waals surface area contributed by atoms with Crippen molar-refractivity contribution in [3.63, 3.8) is 0 Å². The highest BCUT2D eigenvalue weighted by Crippen LogP contribution is 2.33. The van der Waals surface area contributed by atoms with Crippen LogP contribution in [0.3, 0.4) is 0 Å². The van der Waals surface area contributed by atoms with Crippen LogP contribution < -0.4 is 5.32 Å². The van der Waals surface area contributed by atoms with Crippen molar-refractivity contribution >= 4 is 5.91 Å². The summed E-state index contributed by atoms with van der Waals surface area (Å²) in [6.45, 7) is 1.41. The quantitative estimate of drug-likeness (QED) is 0.668. The Balaban J connectivity index is 1.89. The zero-order valence-electron chi connectivity index (χ0n) is 14.5. The number of hydrogen-bond acceptors (Lipinski definition) is 2. The number of carbonyl (C=O) groups excluding carboxylic acids is 1. The van der Waals surface area contributed by atoms with Gasteiger partial charge in [0.25, 0.3) is 5.91 Å². The van der Waals surface area contributed by atoms with E-state index in [4.69, 9.17) is 4.42 Å². The third-order valence-corrected chi connectivity index (χ3v) is 4.17. The minimum absolute atomic E-state index is 0.220. The van der Waals surface area contributed by atoms with E-state index in [1.807, 2.05) is 0 Å². The Morgan fingerprint density at radius 2 is 2.00 bits per heavy atom. The minimum atomic E-state index is -4.72. The van der Waals surface area contributed by atoms with Gasteiger partial charge in [0.2, 0.25) is 0 Å². The van der Waals surface area contributed by atoms with Crippen LogP contribution in [0.5, 0.6) is 0 Å². The number of alkyl halides is 3. The summed E-state index contributed by atoms with van der Waals surface area (Å²) in [5, 5.41) is 2.48. The molecule has 0 unspecified atom stereocenters. The zero-order valence-corrected chi connectivity index (χ0v) is 14.5. The molecule has 2 aromatic heterocycles. The summed E-state index contributed by atoms with van der Waals surface area (Å²) in [5.74, 6) is -1.07. The summed E-state index contributed by atoms with van der Waals surface area (Å²) < 4.78 is 59.4.